The Morgan fingerprint density at radius 1 is 1.42 bits per heavy atom. The molecule has 2 aromatic heterocycles. The van der Waals surface area contributed by atoms with E-state index >= 15 is 0 Å². The summed E-state index contributed by atoms with van der Waals surface area (Å²) in [7, 11) is 1.81. The van der Waals surface area contributed by atoms with E-state index in [2.05, 4.69) is 15.1 Å². The van der Waals surface area contributed by atoms with Gasteiger partial charge in [0.2, 0.25) is 5.88 Å². The number of aryl methyl sites for hydroxylation is 2. The Hall–Kier alpha value is -2.11. The van der Waals surface area contributed by atoms with Crippen LogP contribution in [0.2, 0.25) is 0 Å². The fourth-order valence-electron chi connectivity index (χ4n) is 2.08. The molecule has 0 aromatic carbocycles. The molecule has 6 heteroatoms. The second kappa shape index (κ2) is 5.26. The van der Waals surface area contributed by atoms with Gasteiger partial charge in [-0.3, -0.25) is 9.48 Å². The molecule has 0 fully saturated rings. The average molecular weight is 262 g/mol. The summed E-state index contributed by atoms with van der Waals surface area (Å²) in [5, 5.41) is 14.2. The van der Waals surface area contributed by atoms with Crippen molar-refractivity contribution in [3.63, 3.8) is 0 Å². The molecule has 0 saturated heterocycles. The molecule has 0 unspecified atom stereocenters. The molecule has 2 N–H and O–H groups in total. The summed E-state index contributed by atoms with van der Waals surface area (Å²) in [6, 6.07) is 0. The summed E-state index contributed by atoms with van der Waals surface area (Å²) in [5.41, 5.74) is 1.65. The monoisotopic (exact) mass is 262 g/mol. The van der Waals surface area contributed by atoms with E-state index < -0.39 is 0 Å². The average Bonchev–Trinajstić information content (AvgIpc) is 2.75. The van der Waals surface area contributed by atoms with Gasteiger partial charge in [0.1, 0.15) is 5.82 Å². The van der Waals surface area contributed by atoms with Gasteiger partial charge in [-0.15, -0.1) is 0 Å². The lowest BCUT2D eigenvalue weighted by molar-refractivity contribution is 0.443. The molecular weight excluding hydrogens is 244 g/mol. The van der Waals surface area contributed by atoms with Gasteiger partial charge in [0.15, 0.2) is 0 Å². The van der Waals surface area contributed by atoms with Crippen molar-refractivity contribution in [1.82, 2.24) is 19.7 Å². The Morgan fingerprint density at radius 3 is 2.74 bits per heavy atom. The quantitative estimate of drug-likeness (QED) is 0.872. The van der Waals surface area contributed by atoms with Gasteiger partial charge < -0.3 is 10.1 Å². The van der Waals surface area contributed by atoms with Crippen molar-refractivity contribution in [2.75, 3.05) is 0 Å². The van der Waals surface area contributed by atoms with Crippen molar-refractivity contribution >= 4 is 0 Å². The van der Waals surface area contributed by atoms with Crippen molar-refractivity contribution in [3.8, 4) is 17.3 Å². The Bertz CT molecular complexity index is 643. The maximum atomic E-state index is 11.9. The lowest BCUT2D eigenvalue weighted by atomic mass is 10.1. The van der Waals surface area contributed by atoms with Gasteiger partial charge >= 0.3 is 0 Å². The number of hydrogen-bond acceptors (Lipinski definition) is 4. The summed E-state index contributed by atoms with van der Waals surface area (Å²) in [6.45, 7) is 3.93. The van der Waals surface area contributed by atoms with E-state index in [1.54, 1.807) is 10.9 Å². The SMILES string of the molecule is CCCc1c(O)nc(-c2cn(C)nc2CC)[nH]c1=O. The smallest absolute Gasteiger partial charge is 0.258 e. The molecule has 19 heavy (non-hydrogen) atoms. The number of aromatic hydroxyl groups is 1. The van der Waals surface area contributed by atoms with E-state index in [0.29, 0.717) is 17.8 Å². The lowest BCUT2D eigenvalue weighted by Gasteiger charge is -2.04. The number of nitrogens with zero attached hydrogens (tertiary/aromatic N) is 3. The second-order valence-electron chi connectivity index (χ2n) is 4.48. The highest BCUT2D eigenvalue weighted by Gasteiger charge is 2.15. The van der Waals surface area contributed by atoms with Crippen LogP contribution in [0.3, 0.4) is 0 Å². The van der Waals surface area contributed by atoms with Gasteiger partial charge in [-0.25, -0.2) is 0 Å². The molecule has 0 atom stereocenters. The lowest BCUT2D eigenvalue weighted by Crippen LogP contribution is -2.15. The molecule has 0 radical (unpaired) electrons. The van der Waals surface area contributed by atoms with E-state index in [-0.39, 0.29) is 11.4 Å². The minimum absolute atomic E-state index is 0.188. The fraction of sp³-hybridized carbons (Fsp3) is 0.462. The van der Waals surface area contributed by atoms with Gasteiger partial charge in [-0.05, 0) is 12.8 Å². The maximum absolute atomic E-state index is 11.9. The van der Waals surface area contributed by atoms with Crippen LogP contribution in [0.5, 0.6) is 5.88 Å². The number of aromatic amines is 1. The largest absolute Gasteiger partial charge is 0.493 e. The Kier molecular flexibility index (Phi) is 3.69. The first-order valence-electron chi connectivity index (χ1n) is 6.41. The van der Waals surface area contributed by atoms with Crippen LogP contribution in [0.15, 0.2) is 11.0 Å². The molecule has 0 aliphatic carbocycles. The van der Waals surface area contributed by atoms with E-state index in [9.17, 15) is 9.90 Å². The molecule has 2 aromatic rings. The summed E-state index contributed by atoms with van der Waals surface area (Å²) < 4.78 is 1.67. The predicted octanol–water partition coefficient (Wildman–Crippen LogP) is 1.39. The van der Waals surface area contributed by atoms with E-state index in [1.807, 2.05) is 20.9 Å². The third-order valence-electron chi connectivity index (χ3n) is 2.99. The van der Waals surface area contributed by atoms with Crippen LogP contribution in [0.1, 0.15) is 31.5 Å². The molecule has 0 aliphatic heterocycles. The van der Waals surface area contributed by atoms with Crippen LogP contribution in [-0.2, 0) is 19.9 Å². The summed E-state index contributed by atoms with van der Waals surface area (Å²) in [6.07, 6.45) is 3.82. The zero-order chi connectivity index (χ0) is 14.0. The molecule has 0 bridgehead atoms. The van der Waals surface area contributed by atoms with Crippen molar-refractivity contribution in [2.24, 2.45) is 7.05 Å². The highest BCUT2D eigenvalue weighted by Crippen LogP contribution is 2.21. The first kappa shape index (κ1) is 13.3. The van der Waals surface area contributed by atoms with Crippen LogP contribution < -0.4 is 5.56 Å². The predicted molar refractivity (Wildman–Crippen MR) is 72.1 cm³/mol. The summed E-state index contributed by atoms with van der Waals surface area (Å²) in [4.78, 5) is 18.8. The molecule has 0 aliphatic rings. The van der Waals surface area contributed by atoms with Crippen LogP contribution in [0, 0.1) is 0 Å². The third kappa shape index (κ3) is 2.52. The molecule has 6 nitrogen and oxygen atoms in total. The van der Waals surface area contributed by atoms with Crippen molar-refractivity contribution in [2.45, 2.75) is 33.1 Å². The van der Waals surface area contributed by atoms with Gasteiger partial charge in [0.05, 0.1) is 16.8 Å². The molecule has 0 saturated carbocycles. The van der Waals surface area contributed by atoms with E-state index in [4.69, 9.17) is 0 Å². The Labute approximate surface area is 111 Å². The number of nitrogens with one attached hydrogen (secondary N) is 1. The number of H-pyrrole nitrogens is 1. The van der Waals surface area contributed by atoms with Gasteiger partial charge in [0.25, 0.3) is 5.56 Å². The van der Waals surface area contributed by atoms with Crippen molar-refractivity contribution in [3.05, 3.63) is 27.8 Å². The normalized spacial score (nSPS) is 10.9. The number of aromatic nitrogens is 4. The summed E-state index contributed by atoms with van der Waals surface area (Å²) in [5.74, 6) is 0.179. The molecule has 102 valence electrons. The van der Waals surface area contributed by atoms with Crippen molar-refractivity contribution in [1.29, 1.82) is 0 Å². The van der Waals surface area contributed by atoms with Gasteiger partial charge in [-0.1, -0.05) is 20.3 Å². The maximum Gasteiger partial charge on any atom is 0.258 e. The van der Waals surface area contributed by atoms with Crippen LogP contribution in [0.25, 0.3) is 11.4 Å². The second-order valence-corrected chi connectivity index (χ2v) is 4.48. The van der Waals surface area contributed by atoms with Crippen LogP contribution >= 0.6 is 0 Å². The van der Waals surface area contributed by atoms with E-state index in [1.165, 1.54) is 0 Å². The van der Waals surface area contributed by atoms with Crippen LogP contribution in [-0.4, -0.2) is 24.9 Å². The van der Waals surface area contributed by atoms with Crippen molar-refractivity contribution < 1.29 is 5.11 Å². The Morgan fingerprint density at radius 2 is 2.16 bits per heavy atom. The highest BCUT2D eigenvalue weighted by molar-refractivity contribution is 5.57. The topological polar surface area (TPSA) is 83.8 Å². The molecule has 0 spiro atoms. The minimum atomic E-state index is -0.282. The zero-order valence-corrected chi connectivity index (χ0v) is 11.4. The standard InChI is InChI=1S/C13H18N4O2/c1-4-6-8-12(18)14-11(15-13(8)19)9-7-17(3)16-10(9)5-2/h7H,4-6H2,1-3H3,(H2,14,15,18,19). The first-order chi connectivity index (χ1) is 9.06. The first-order valence-corrected chi connectivity index (χ1v) is 6.41. The minimum Gasteiger partial charge on any atom is -0.493 e. The van der Waals surface area contributed by atoms with E-state index in [0.717, 1.165) is 24.1 Å². The molecule has 2 rings (SSSR count). The Balaban J connectivity index is 2.55. The number of hydrogen-bond donors (Lipinski definition) is 2. The fourth-order valence-corrected chi connectivity index (χ4v) is 2.08. The van der Waals surface area contributed by atoms with Gasteiger partial charge in [-0.2, -0.15) is 10.1 Å². The highest BCUT2D eigenvalue weighted by atomic mass is 16.3. The zero-order valence-electron chi connectivity index (χ0n) is 11.4. The summed E-state index contributed by atoms with van der Waals surface area (Å²) >= 11 is 0. The molecular formula is C13H18N4O2. The third-order valence-corrected chi connectivity index (χ3v) is 2.99. The molecule has 2 heterocycles. The molecule has 0 amide bonds. The van der Waals surface area contributed by atoms with Gasteiger partial charge in [0, 0.05) is 13.2 Å². The van der Waals surface area contributed by atoms with Crippen LogP contribution in [0.4, 0.5) is 0 Å². The number of rotatable bonds is 4.